The van der Waals surface area contributed by atoms with Gasteiger partial charge in [-0.05, 0) is 24.6 Å². The fourth-order valence-electron chi connectivity index (χ4n) is 1.37. The van der Waals surface area contributed by atoms with Crippen molar-refractivity contribution in [1.29, 1.82) is 0 Å². The second-order valence-electron chi connectivity index (χ2n) is 6.07. The summed E-state index contributed by atoms with van der Waals surface area (Å²) in [6.07, 6.45) is 3.27. The predicted molar refractivity (Wildman–Crippen MR) is 66.7 cm³/mol. The van der Waals surface area contributed by atoms with E-state index in [4.69, 9.17) is 9.16 Å². The summed E-state index contributed by atoms with van der Waals surface area (Å²) >= 11 is 0. The van der Waals surface area contributed by atoms with Gasteiger partial charge >= 0.3 is 0 Å². The largest absolute Gasteiger partial charge is 0.414 e. The van der Waals surface area contributed by atoms with Crippen molar-refractivity contribution in [2.24, 2.45) is 0 Å². The van der Waals surface area contributed by atoms with Crippen LogP contribution in [0, 0.1) is 0 Å². The SMILES string of the molecule is CCC[C@H]1O[C@@H]1CO[Si](C)(C)C(C)(C)C. The van der Waals surface area contributed by atoms with Crippen LogP contribution >= 0.6 is 0 Å². The van der Waals surface area contributed by atoms with E-state index in [-0.39, 0.29) is 0 Å². The van der Waals surface area contributed by atoms with Crippen LogP contribution in [0.4, 0.5) is 0 Å². The molecular formula is C12H26O2Si. The Balaban J connectivity index is 2.26. The highest BCUT2D eigenvalue weighted by molar-refractivity contribution is 6.74. The maximum atomic E-state index is 6.11. The maximum Gasteiger partial charge on any atom is 0.192 e. The van der Waals surface area contributed by atoms with E-state index in [1.54, 1.807) is 0 Å². The zero-order chi connectivity index (χ0) is 11.7. The summed E-state index contributed by atoms with van der Waals surface area (Å²) in [5.74, 6) is 0. The average molecular weight is 230 g/mol. The molecule has 1 rings (SSSR count). The molecule has 1 aliphatic rings. The Bertz CT molecular complexity index is 208. The van der Waals surface area contributed by atoms with E-state index in [1.807, 2.05) is 0 Å². The van der Waals surface area contributed by atoms with Crippen molar-refractivity contribution in [3.8, 4) is 0 Å². The summed E-state index contributed by atoms with van der Waals surface area (Å²) in [5, 5.41) is 0.308. The zero-order valence-corrected chi connectivity index (χ0v) is 12.1. The number of rotatable bonds is 5. The molecule has 0 radical (unpaired) electrons. The molecule has 0 spiro atoms. The van der Waals surface area contributed by atoms with Crippen LogP contribution in [0.15, 0.2) is 0 Å². The highest BCUT2D eigenvalue weighted by Gasteiger charge is 2.42. The molecule has 1 fully saturated rings. The quantitative estimate of drug-likeness (QED) is 0.532. The lowest BCUT2D eigenvalue weighted by molar-refractivity contribution is 0.241. The molecule has 0 saturated carbocycles. The van der Waals surface area contributed by atoms with Crippen LogP contribution in [0.5, 0.6) is 0 Å². The topological polar surface area (TPSA) is 21.8 Å². The van der Waals surface area contributed by atoms with Gasteiger partial charge in [0.25, 0.3) is 0 Å². The van der Waals surface area contributed by atoms with Gasteiger partial charge in [0.15, 0.2) is 8.32 Å². The minimum absolute atomic E-state index is 0.308. The lowest BCUT2D eigenvalue weighted by Crippen LogP contribution is -2.41. The van der Waals surface area contributed by atoms with Crippen molar-refractivity contribution in [2.75, 3.05) is 6.61 Å². The van der Waals surface area contributed by atoms with E-state index in [9.17, 15) is 0 Å². The van der Waals surface area contributed by atoms with Crippen molar-refractivity contribution in [2.45, 2.75) is 70.9 Å². The third kappa shape index (κ3) is 3.57. The minimum Gasteiger partial charge on any atom is -0.414 e. The summed E-state index contributed by atoms with van der Waals surface area (Å²) in [6, 6.07) is 0. The van der Waals surface area contributed by atoms with Crippen LogP contribution in [0.2, 0.25) is 18.1 Å². The monoisotopic (exact) mass is 230 g/mol. The molecule has 0 aliphatic carbocycles. The number of ether oxygens (including phenoxy) is 1. The van der Waals surface area contributed by atoms with Crippen LogP contribution in [-0.2, 0) is 9.16 Å². The Morgan fingerprint density at radius 1 is 1.20 bits per heavy atom. The van der Waals surface area contributed by atoms with Gasteiger partial charge < -0.3 is 9.16 Å². The third-order valence-corrected chi connectivity index (χ3v) is 8.18. The molecule has 1 heterocycles. The van der Waals surface area contributed by atoms with Crippen LogP contribution in [0.1, 0.15) is 40.5 Å². The molecule has 0 bridgehead atoms. The highest BCUT2D eigenvalue weighted by Crippen LogP contribution is 2.38. The summed E-state index contributed by atoms with van der Waals surface area (Å²) in [4.78, 5) is 0. The van der Waals surface area contributed by atoms with Crippen LogP contribution in [-0.4, -0.2) is 27.1 Å². The number of hydrogen-bond acceptors (Lipinski definition) is 2. The van der Waals surface area contributed by atoms with E-state index >= 15 is 0 Å². The maximum absolute atomic E-state index is 6.11. The van der Waals surface area contributed by atoms with Gasteiger partial charge in [0.1, 0.15) is 6.10 Å². The van der Waals surface area contributed by atoms with Gasteiger partial charge in [-0.3, -0.25) is 0 Å². The first kappa shape index (κ1) is 13.2. The van der Waals surface area contributed by atoms with Crippen molar-refractivity contribution in [3.63, 3.8) is 0 Å². The number of epoxide rings is 1. The predicted octanol–water partition coefficient (Wildman–Crippen LogP) is 3.58. The Morgan fingerprint density at radius 2 is 1.80 bits per heavy atom. The third-order valence-electron chi connectivity index (χ3n) is 3.68. The van der Waals surface area contributed by atoms with Gasteiger partial charge in [-0.15, -0.1) is 0 Å². The van der Waals surface area contributed by atoms with E-state index < -0.39 is 8.32 Å². The van der Waals surface area contributed by atoms with E-state index in [0.29, 0.717) is 17.2 Å². The summed E-state index contributed by atoms with van der Waals surface area (Å²) in [6.45, 7) is 14.4. The first-order valence-corrected chi connectivity index (χ1v) is 8.98. The van der Waals surface area contributed by atoms with Crippen LogP contribution < -0.4 is 0 Å². The fraction of sp³-hybridized carbons (Fsp3) is 1.00. The Labute approximate surface area is 95.5 Å². The highest BCUT2D eigenvalue weighted by atomic mass is 28.4. The molecule has 0 N–H and O–H groups in total. The van der Waals surface area contributed by atoms with Gasteiger partial charge in [-0.2, -0.15) is 0 Å². The normalized spacial score (nSPS) is 26.8. The Morgan fingerprint density at radius 3 is 2.27 bits per heavy atom. The fourth-order valence-corrected chi connectivity index (χ4v) is 2.39. The Kier molecular flexibility index (Phi) is 4.01. The average Bonchev–Trinajstić information content (AvgIpc) is 2.79. The molecule has 0 amide bonds. The van der Waals surface area contributed by atoms with Gasteiger partial charge in [-0.25, -0.2) is 0 Å². The minimum atomic E-state index is -1.56. The molecule has 1 aliphatic heterocycles. The van der Waals surface area contributed by atoms with Crippen LogP contribution in [0.25, 0.3) is 0 Å². The molecule has 0 aromatic rings. The van der Waals surface area contributed by atoms with E-state index in [2.05, 4.69) is 40.8 Å². The molecule has 15 heavy (non-hydrogen) atoms. The van der Waals surface area contributed by atoms with Gasteiger partial charge in [0.2, 0.25) is 0 Å². The standard InChI is InChI=1S/C12H26O2Si/c1-7-8-10-11(14-10)9-13-15(5,6)12(2,3)4/h10-11H,7-9H2,1-6H3/t10-,11-/m1/s1. The summed E-state index contributed by atoms with van der Waals surface area (Å²) in [7, 11) is -1.56. The molecule has 1 saturated heterocycles. The first-order valence-electron chi connectivity index (χ1n) is 6.07. The summed E-state index contributed by atoms with van der Waals surface area (Å²) in [5.41, 5.74) is 0. The second kappa shape index (κ2) is 4.56. The number of hydrogen-bond donors (Lipinski definition) is 0. The van der Waals surface area contributed by atoms with Gasteiger partial charge in [-0.1, -0.05) is 34.1 Å². The Hall–Kier alpha value is 0.137. The second-order valence-corrected chi connectivity index (χ2v) is 10.9. The van der Waals surface area contributed by atoms with Crippen molar-refractivity contribution in [1.82, 2.24) is 0 Å². The molecule has 3 heteroatoms. The van der Waals surface area contributed by atoms with Gasteiger partial charge in [0.05, 0.1) is 12.7 Å². The van der Waals surface area contributed by atoms with E-state index in [1.165, 1.54) is 12.8 Å². The molecular weight excluding hydrogens is 204 g/mol. The molecule has 2 nitrogen and oxygen atoms in total. The molecule has 0 unspecified atom stereocenters. The summed E-state index contributed by atoms with van der Waals surface area (Å²) < 4.78 is 11.7. The lowest BCUT2D eigenvalue weighted by atomic mass is 10.2. The van der Waals surface area contributed by atoms with Crippen molar-refractivity contribution in [3.05, 3.63) is 0 Å². The van der Waals surface area contributed by atoms with E-state index in [0.717, 1.165) is 6.61 Å². The van der Waals surface area contributed by atoms with Crippen molar-refractivity contribution < 1.29 is 9.16 Å². The van der Waals surface area contributed by atoms with Gasteiger partial charge in [0, 0.05) is 0 Å². The van der Waals surface area contributed by atoms with Crippen molar-refractivity contribution >= 4 is 8.32 Å². The first-order chi connectivity index (χ1) is 6.78. The lowest BCUT2D eigenvalue weighted by Gasteiger charge is -2.36. The zero-order valence-electron chi connectivity index (χ0n) is 11.1. The van der Waals surface area contributed by atoms with Crippen LogP contribution in [0.3, 0.4) is 0 Å². The smallest absolute Gasteiger partial charge is 0.192 e. The molecule has 0 aromatic heterocycles. The molecule has 0 aromatic carbocycles. The molecule has 2 atom stereocenters. The molecule has 90 valence electrons.